The molecule has 2 N–H and O–H groups in total. The second-order valence-electron chi connectivity index (χ2n) is 2.35. The van der Waals surface area contributed by atoms with E-state index in [1.54, 1.807) is 0 Å². The lowest BCUT2D eigenvalue weighted by Gasteiger charge is -2.03. The lowest BCUT2D eigenvalue weighted by molar-refractivity contribution is -0.113. The largest absolute Gasteiger partial charge is 0.505 e. The van der Waals surface area contributed by atoms with Crippen LogP contribution in [0, 0.1) is 5.82 Å². The average Bonchev–Trinajstić information content (AvgIpc) is 2.11. The normalized spacial score (nSPS) is 9.69. The lowest BCUT2D eigenvalue weighted by atomic mass is 10.3. The highest BCUT2D eigenvalue weighted by molar-refractivity contribution is 9.09. The van der Waals surface area contributed by atoms with Gasteiger partial charge in [0.15, 0.2) is 11.6 Å². The number of rotatable bonds is 2. The van der Waals surface area contributed by atoms with Crippen LogP contribution in [0.2, 0.25) is 0 Å². The molecule has 0 fully saturated rings. The van der Waals surface area contributed by atoms with Crippen molar-refractivity contribution in [2.75, 3.05) is 10.6 Å². The van der Waals surface area contributed by atoms with Gasteiger partial charge in [-0.2, -0.15) is 0 Å². The number of carbonyl (C=O) groups excluding carboxylic acids is 1. The number of amides is 1. The van der Waals surface area contributed by atoms with Crippen molar-refractivity contribution in [3.8, 4) is 5.75 Å². The van der Waals surface area contributed by atoms with Gasteiger partial charge in [-0.15, -0.1) is 0 Å². The number of anilines is 1. The second-order valence-corrected chi connectivity index (χ2v) is 2.91. The summed E-state index contributed by atoms with van der Waals surface area (Å²) < 4.78 is 12.7. The summed E-state index contributed by atoms with van der Waals surface area (Å²) in [4.78, 5) is 10.8. The van der Waals surface area contributed by atoms with E-state index in [4.69, 9.17) is 5.11 Å². The molecule has 0 saturated heterocycles. The van der Waals surface area contributed by atoms with Crippen molar-refractivity contribution in [3.63, 3.8) is 0 Å². The summed E-state index contributed by atoms with van der Waals surface area (Å²) in [6, 6.07) is 3.65. The number of nitrogens with one attached hydrogen (secondary N) is 1. The molecule has 0 aliphatic heterocycles. The summed E-state index contributed by atoms with van der Waals surface area (Å²) in [6.45, 7) is 0. The van der Waals surface area contributed by atoms with Crippen LogP contribution in [0.5, 0.6) is 5.75 Å². The highest BCUT2D eigenvalue weighted by atomic mass is 79.9. The molecule has 0 radical (unpaired) electrons. The minimum Gasteiger partial charge on any atom is -0.505 e. The Morgan fingerprint density at radius 2 is 2.31 bits per heavy atom. The van der Waals surface area contributed by atoms with E-state index in [1.807, 2.05) is 0 Å². The van der Waals surface area contributed by atoms with E-state index in [-0.39, 0.29) is 11.2 Å². The first kappa shape index (κ1) is 9.98. The molecule has 0 aliphatic rings. The first-order valence-corrected chi connectivity index (χ1v) is 4.60. The molecular formula is C8H7BrFNO2. The molecule has 0 saturated carbocycles. The fourth-order valence-electron chi connectivity index (χ4n) is 0.779. The van der Waals surface area contributed by atoms with Gasteiger partial charge in [-0.3, -0.25) is 4.79 Å². The van der Waals surface area contributed by atoms with Crippen LogP contribution < -0.4 is 5.32 Å². The number of aromatic hydroxyl groups is 1. The van der Waals surface area contributed by atoms with Crippen LogP contribution in [0.25, 0.3) is 0 Å². The van der Waals surface area contributed by atoms with E-state index in [1.165, 1.54) is 12.1 Å². The maximum absolute atomic E-state index is 12.7. The molecule has 70 valence electrons. The van der Waals surface area contributed by atoms with Gasteiger partial charge >= 0.3 is 0 Å². The van der Waals surface area contributed by atoms with Gasteiger partial charge in [0, 0.05) is 11.8 Å². The van der Waals surface area contributed by atoms with Gasteiger partial charge in [0.05, 0.1) is 5.33 Å². The fourth-order valence-corrected chi connectivity index (χ4v) is 0.919. The Balaban J connectivity index is 2.79. The van der Waals surface area contributed by atoms with E-state index < -0.39 is 11.6 Å². The number of hydrogen-bond acceptors (Lipinski definition) is 2. The Bertz CT molecular complexity index is 330. The van der Waals surface area contributed by atoms with E-state index in [2.05, 4.69) is 21.2 Å². The predicted octanol–water partition coefficient (Wildman–Crippen LogP) is 1.86. The van der Waals surface area contributed by atoms with Crippen LogP contribution in [-0.2, 0) is 4.79 Å². The smallest absolute Gasteiger partial charge is 0.235 e. The first-order valence-electron chi connectivity index (χ1n) is 3.48. The molecule has 0 atom stereocenters. The highest BCUT2D eigenvalue weighted by Gasteiger charge is 2.03. The molecular weight excluding hydrogens is 241 g/mol. The van der Waals surface area contributed by atoms with Crippen LogP contribution in [0.1, 0.15) is 0 Å². The summed E-state index contributed by atoms with van der Waals surface area (Å²) in [6.07, 6.45) is 0. The molecule has 1 amide bonds. The van der Waals surface area contributed by atoms with Gasteiger partial charge in [0.1, 0.15) is 0 Å². The van der Waals surface area contributed by atoms with Crippen molar-refractivity contribution in [1.82, 2.24) is 0 Å². The summed E-state index contributed by atoms with van der Waals surface area (Å²) in [7, 11) is 0. The van der Waals surface area contributed by atoms with E-state index in [0.29, 0.717) is 5.69 Å². The SMILES string of the molecule is O=C(CBr)Nc1ccc(O)c(F)c1. The van der Waals surface area contributed by atoms with Crippen molar-refractivity contribution in [2.24, 2.45) is 0 Å². The first-order chi connectivity index (χ1) is 6.13. The lowest BCUT2D eigenvalue weighted by Crippen LogP contribution is -2.12. The van der Waals surface area contributed by atoms with Crippen molar-refractivity contribution in [1.29, 1.82) is 0 Å². The quantitative estimate of drug-likeness (QED) is 0.620. The van der Waals surface area contributed by atoms with E-state index in [0.717, 1.165) is 6.07 Å². The Kier molecular flexibility index (Phi) is 3.25. The van der Waals surface area contributed by atoms with E-state index >= 15 is 0 Å². The molecule has 1 rings (SSSR count). The van der Waals surface area contributed by atoms with Crippen LogP contribution in [0.4, 0.5) is 10.1 Å². The van der Waals surface area contributed by atoms with Crippen LogP contribution in [0.15, 0.2) is 18.2 Å². The molecule has 0 spiro atoms. The zero-order chi connectivity index (χ0) is 9.84. The summed E-state index contributed by atoms with van der Waals surface area (Å²) in [5, 5.41) is 11.4. The Hall–Kier alpha value is -1.10. The Labute approximate surface area is 82.7 Å². The molecule has 1 aromatic rings. The van der Waals surface area contributed by atoms with Crippen LogP contribution in [0.3, 0.4) is 0 Å². The van der Waals surface area contributed by atoms with Crippen molar-refractivity contribution < 1.29 is 14.3 Å². The summed E-state index contributed by atoms with van der Waals surface area (Å²) >= 11 is 2.95. The predicted molar refractivity (Wildman–Crippen MR) is 50.5 cm³/mol. The van der Waals surface area contributed by atoms with Gasteiger partial charge in [-0.05, 0) is 12.1 Å². The molecule has 5 heteroatoms. The molecule has 0 heterocycles. The number of alkyl halides is 1. The number of phenols is 1. The molecule has 0 aromatic heterocycles. The Morgan fingerprint density at radius 1 is 1.62 bits per heavy atom. The molecule has 0 unspecified atom stereocenters. The maximum atomic E-state index is 12.7. The van der Waals surface area contributed by atoms with E-state index in [9.17, 15) is 9.18 Å². The van der Waals surface area contributed by atoms with Crippen molar-refractivity contribution >= 4 is 27.5 Å². The molecule has 0 aliphatic carbocycles. The Morgan fingerprint density at radius 3 is 2.85 bits per heavy atom. The zero-order valence-electron chi connectivity index (χ0n) is 6.55. The molecule has 0 bridgehead atoms. The van der Waals surface area contributed by atoms with Gasteiger partial charge < -0.3 is 10.4 Å². The summed E-state index contributed by atoms with van der Waals surface area (Å²) in [5.74, 6) is -1.46. The number of benzene rings is 1. The monoisotopic (exact) mass is 247 g/mol. The number of hydrogen-bond donors (Lipinski definition) is 2. The topological polar surface area (TPSA) is 49.3 Å². The van der Waals surface area contributed by atoms with Gasteiger partial charge in [-0.25, -0.2) is 4.39 Å². The van der Waals surface area contributed by atoms with Crippen molar-refractivity contribution in [2.45, 2.75) is 0 Å². The number of phenolic OH excluding ortho intramolecular Hbond substituents is 1. The fraction of sp³-hybridized carbons (Fsp3) is 0.125. The number of halogens is 2. The zero-order valence-corrected chi connectivity index (χ0v) is 8.14. The van der Waals surface area contributed by atoms with Crippen LogP contribution >= 0.6 is 15.9 Å². The van der Waals surface area contributed by atoms with Gasteiger partial charge in [-0.1, -0.05) is 15.9 Å². The maximum Gasteiger partial charge on any atom is 0.235 e. The van der Waals surface area contributed by atoms with Crippen LogP contribution in [-0.4, -0.2) is 16.3 Å². The average molecular weight is 248 g/mol. The van der Waals surface area contributed by atoms with Gasteiger partial charge in [0.25, 0.3) is 0 Å². The standard InChI is InChI=1S/C8H7BrFNO2/c9-4-8(13)11-5-1-2-7(12)6(10)3-5/h1-3,12H,4H2,(H,11,13). The molecule has 1 aromatic carbocycles. The number of carbonyl (C=O) groups is 1. The highest BCUT2D eigenvalue weighted by Crippen LogP contribution is 2.19. The second kappa shape index (κ2) is 4.23. The third-order valence-corrected chi connectivity index (χ3v) is 1.86. The summed E-state index contributed by atoms with van der Waals surface area (Å²) in [5.41, 5.74) is 0.319. The van der Waals surface area contributed by atoms with Gasteiger partial charge in [0.2, 0.25) is 5.91 Å². The third kappa shape index (κ3) is 2.69. The minimum absolute atomic E-state index is 0.148. The molecule has 3 nitrogen and oxygen atoms in total. The van der Waals surface area contributed by atoms with Crippen molar-refractivity contribution in [3.05, 3.63) is 24.0 Å². The minimum atomic E-state index is -0.757. The molecule has 13 heavy (non-hydrogen) atoms. The third-order valence-electron chi connectivity index (χ3n) is 1.35.